The number of anilines is 3. The number of carbonyl (C=O) groups is 1. The maximum Gasteiger partial charge on any atom is 0.268 e. The van der Waals surface area contributed by atoms with Crippen LogP contribution < -0.4 is 15.5 Å². The Morgan fingerprint density at radius 1 is 1.13 bits per heavy atom. The molecule has 4 aliphatic rings. The van der Waals surface area contributed by atoms with Crippen LogP contribution in [-0.2, 0) is 5.54 Å². The van der Waals surface area contributed by atoms with Gasteiger partial charge in [-0.25, -0.2) is 9.97 Å². The van der Waals surface area contributed by atoms with E-state index in [4.69, 9.17) is 4.98 Å². The van der Waals surface area contributed by atoms with E-state index in [1.165, 1.54) is 38.6 Å². The van der Waals surface area contributed by atoms with Gasteiger partial charge in [-0.05, 0) is 49.8 Å². The van der Waals surface area contributed by atoms with Crippen LogP contribution >= 0.6 is 0 Å². The van der Waals surface area contributed by atoms with Crippen LogP contribution in [0, 0.1) is 5.92 Å². The number of hydrogen-bond donors (Lipinski definition) is 2. The minimum atomic E-state index is -0.0965. The Balaban J connectivity index is 1.10. The molecule has 2 aliphatic carbocycles. The monoisotopic (exact) mass is 512 g/mol. The van der Waals surface area contributed by atoms with E-state index < -0.39 is 0 Å². The van der Waals surface area contributed by atoms with Crippen molar-refractivity contribution in [3.8, 4) is 0 Å². The van der Waals surface area contributed by atoms with Gasteiger partial charge < -0.3 is 20.1 Å². The standard InChI is InChI=1S/C29H36N8O/c1-2-22-18-36(13-12-35(22)17-20-6-7-20)23-8-9-25(30-16-23)33-28-31-15-21-14-24-27(38)32-19-29(10-4-3-5-11-29)37(24)26(21)34-28/h2,8-9,14-16,20,22H,1,3-7,10-13,17-19H2,(H,32,38)(H,30,31,33,34)/t22-/m0/s1. The summed E-state index contributed by atoms with van der Waals surface area (Å²) in [5, 5.41) is 7.31. The maximum absolute atomic E-state index is 12.7. The summed E-state index contributed by atoms with van der Waals surface area (Å²) in [6.45, 7) is 8.97. The Bertz CT molecular complexity index is 1350. The first-order valence-electron chi connectivity index (χ1n) is 14.1. The van der Waals surface area contributed by atoms with Crippen LogP contribution in [-0.4, -0.2) is 69.1 Å². The predicted octanol–water partition coefficient (Wildman–Crippen LogP) is 4.06. The lowest BCUT2D eigenvalue weighted by molar-refractivity contribution is 0.0833. The van der Waals surface area contributed by atoms with Crippen LogP contribution in [0.25, 0.3) is 11.0 Å². The molecule has 2 saturated carbocycles. The number of rotatable bonds is 6. The van der Waals surface area contributed by atoms with E-state index in [0.717, 1.165) is 55.1 Å². The number of fused-ring (bicyclic) bond motifs is 4. The lowest BCUT2D eigenvalue weighted by Crippen LogP contribution is -2.52. The summed E-state index contributed by atoms with van der Waals surface area (Å²) in [4.78, 5) is 31.8. The molecule has 0 radical (unpaired) electrons. The highest BCUT2D eigenvalue weighted by molar-refractivity contribution is 5.99. The molecule has 7 rings (SSSR count). The van der Waals surface area contributed by atoms with Gasteiger partial charge in [-0.15, -0.1) is 6.58 Å². The highest BCUT2D eigenvalue weighted by Crippen LogP contribution is 2.40. The minimum absolute atomic E-state index is 0.0296. The lowest BCUT2D eigenvalue weighted by Gasteiger charge is -2.42. The highest BCUT2D eigenvalue weighted by Gasteiger charge is 2.41. The second-order valence-corrected chi connectivity index (χ2v) is 11.5. The molecule has 38 heavy (non-hydrogen) atoms. The third-order valence-electron chi connectivity index (χ3n) is 8.96. The summed E-state index contributed by atoms with van der Waals surface area (Å²) in [6, 6.07) is 6.42. The summed E-state index contributed by atoms with van der Waals surface area (Å²) in [5.41, 5.74) is 2.54. The summed E-state index contributed by atoms with van der Waals surface area (Å²) in [5.74, 6) is 2.06. The van der Waals surface area contributed by atoms with Crippen LogP contribution in [0.4, 0.5) is 17.5 Å². The number of carbonyl (C=O) groups excluding carboxylic acids is 1. The fraction of sp³-hybridized carbons (Fsp3) is 0.517. The molecule has 5 heterocycles. The Morgan fingerprint density at radius 2 is 2.00 bits per heavy atom. The average molecular weight is 513 g/mol. The largest absolute Gasteiger partial charge is 0.367 e. The Labute approximate surface area is 223 Å². The molecule has 1 amide bonds. The van der Waals surface area contributed by atoms with Crippen LogP contribution in [0.2, 0.25) is 0 Å². The van der Waals surface area contributed by atoms with E-state index in [2.05, 4.69) is 53.7 Å². The smallest absolute Gasteiger partial charge is 0.268 e. The van der Waals surface area contributed by atoms with Gasteiger partial charge in [-0.1, -0.05) is 25.3 Å². The maximum atomic E-state index is 12.7. The zero-order chi connectivity index (χ0) is 25.7. The molecular formula is C29H36N8O. The average Bonchev–Trinajstić information content (AvgIpc) is 3.68. The zero-order valence-electron chi connectivity index (χ0n) is 21.9. The molecule has 0 unspecified atom stereocenters. The Kier molecular flexibility index (Phi) is 5.83. The van der Waals surface area contributed by atoms with Gasteiger partial charge in [0.1, 0.15) is 17.2 Å². The number of aromatic nitrogens is 4. The van der Waals surface area contributed by atoms with Crippen molar-refractivity contribution >= 4 is 34.4 Å². The number of piperazine rings is 1. The molecule has 1 saturated heterocycles. The molecule has 1 spiro atoms. The molecule has 9 heteroatoms. The minimum Gasteiger partial charge on any atom is -0.367 e. The van der Waals surface area contributed by atoms with Crippen molar-refractivity contribution in [2.24, 2.45) is 5.92 Å². The van der Waals surface area contributed by atoms with E-state index in [0.29, 0.717) is 30.0 Å². The van der Waals surface area contributed by atoms with Crippen LogP contribution in [0.5, 0.6) is 0 Å². The number of nitrogens with one attached hydrogen (secondary N) is 2. The summed E-state index contributed by atoms with van der Waals surface area (Å²) in [6.07, 6.45) is 14.3. The van der Waals surface area contributed by atoms with Gasteiger partial charge in [-0.3, -0.25) is 9.69 Å². The molecule has 9 nitrogen and oxygen atoms in total. The van der Waals surface area contributed by atoms with Crippen molar-refractivity contribution in [1.82, 2.24) is 29.7 Å². The van der Waals surface area contributed by atoms with Crippen LogP contribution in [0.15, 0.2) is 43.2 Å². The van der Waals surface area contributed by atoms with Crippen molar-refractivity contribution in [1.29, 1.82) is 0 Å². The van der Waals surface area contributed by atoms with Crippen molar-refractivity contribution in [2.75, 3.05) is 42.9 Å². The third-order valence-corrected chi connectivity index (χ3v) is 8.96. The fourth-order valence-electron chi connectivity index (χ4n) is 6.65. The van der Waals surface area contributed by atoms with Crippen molar-refractivity contribution in [2.45, 2.75) is 56.5 Å². The lowest BCUT2D eigenvalue weighted by atomic mass is 9.80. The molecule has 3 aromatic heterocycles. The first-order chi connectivity index (χ1) is 18.6. The van der Waals surface area contributed by atoms with Gasteiger partial charge in [0, 0.05) is 50.3 Å². The topological polar surface area (TPSA) is 91.2 Å². The Hall–Kier alpha value is -3.46. The summed E-state index contributed by atoms with van der Waals surface area (Å²) < 4.78 is 2.20. The summed E-state index contributed by atoms with van der Waals surface area (Å²) >= 11 is 0. The van der Waals surface area contributed by atoms with E-state index in [9.17, 15) is 4.79 Å². The molecule has 2 aliphatic heterocycles. The SMILES string of the molecule is C=C[C@H]1CN(c2ccc(Nc3ncc4cc5n(c4n3)C3(CCCCC3)CNC5=O)nc2)CCN1CC1CC1. The molecular weight excluding hydrogens is 476 g/mol. The quantitative estimate of drug-likeness (QED) is 0.482. The van der Waals surface area contributed by atoms with Gasteiger partial charge in [0.15, 0.2) is 0 Å². The fourth-order valence-corrected chi connectivity index (χ4v) is 6.65. The molecule has 2 N–H and O–H groups in total. The Morgan fingerprint density at radius 3 is 2.76 bits per heavy atom. The molecule has 1 atom stereocenters. The second-order valence-electron chi connectivity index (χ2n) is 11.5. The zero-order valence-corrected chi connectivity index (χ0v) is 21.9. The van der Waals surface area contributed by atoms with E-state index in [1.807, 2.05) is 24.5 Å². The molecule has 3 fully saturated rings. The number of hydrogen-bond acceptors (Lipinski definition) is 7. The first-order valence-corrected chi connectivity index (χ1v) is 14.1. The third kappa shape index (κ3) is 4.22. The molecule has 0 aromatic carbocycles. The van der Waals surface area contributed by atoms with Gasteiger partial charge >= 0.3 is 0 Å². The van der Waals surface area contributed by atoms with E-state index in [-0.39, 0.29) is 11.4 Å². The predicted molar refractivity (Wildman–Crippen MR) is 149 cm³/mol. The van der Waals surface area contributed by atoms with E-state index >= 15 is 0 Å². The molecule has 3 aromatic rings. The molecule has 198 valence electrons. The van der Waals surface area contributed by atoms with Gasteiger partial charge in [0.25, 0.3) is 5.91 Å². The van der Waals surface area contributed by atoms with Gasteiger partial charge in [0.05, 0.1) is 17.4 Å². The summed E-state index contributed by atoms with van der Waals surface area (Å²) in [7, 11) is 0. The first kappa shape index (κ1) is 23.6. The second kappa shape index (κ2) is 9.38. The number of amides is 1. The van der Waals surface area contributed by atoms with Gasteiger partial charge in [0.2, 0.25) is 5.95 Å². The van der Waals surface area contributed by atoms with Crippen molar-refractivity contribution in [3.63, 3.8) is 0 Å². The highest BCUT2D eigenvalue weighted by atomic mass is 16.2. The van der Waals surface area contributed by atoms with Crippen molar-refractivity contribution < 1.29 is 4.79 Å². The normalized spacial score (nSPS) is 23.3. The number of pyridine rings is 1. The number of nitrogens with zero attached hydrogens (tertiary/aromatic N) is 6. The van der Waals surface area contributed by atoms with Crippen molar-refractivity contribution in [3.05, 3.63) is 48.9 Å². The van der Waals surface area contributed by atoms with Gasteiger partial charge in [-0.2, -0.15) is 4.98 Å². The van der Waals surface area contributed by atoms with Crippen LogP contribution in [0.1, 0.15) is 55.4 Å². The molecule has 0 bridgehead atoms. The van der Waals surface area contributed by atoms with Crippen LogP contribution in [0.3, 0.4) is 0 Å². The van der Waals surface area contributed by atoms with E-state index in [1.54, 1.807) is 0 Å².